The van der Waals surface area contributed by atoms with E-state index in [1.807, 2.05) is 0 Å². The van der Waals surface area contributed by atoms with Crippen LogP contribution < -0.4 is 9.81 Å². The molecule has 2 rings (SSSR count). The molecule has 2 aromatic rings. The van der Waals surface area contributed by atoms with Crippen molar-refractivity contribution in [3.05, 3.63) is 34.7 Å². The van der Waals surface area contributed by atoms with E-state index in [4.69, 9.17) is 8.97 Å². The van der Waals surface area contributed by atoms with Crippen molar-refractivity contribution in [1.82, 2.24) is 0 Å². The molecule has 1 heterocycles. The van der Waals surface area contributed by atoms with Gasteiger partial charge in [0, 0.05) is 17.5 Å². The summed E-state index contributed by atoms with van der Waals surface area (Å²) >= 11 is 0. The lowest BCUT2D eigenvalue weighted by atomic mass is 10.2. The highest BCUT2D eigenvalue weighted by Gasteiger charge is 2.13. The minimum absolute atomic E-state index is 0.0673. The molecule has 0 fully saturated rings. The summed E-state index contributed by atoms with van der Waals surface area (Å²) in [6.45, 7) is 0. The Bertz CT molecular complexity index is 729. The molecule has 0 radical (unpaired) electrons. The fourth-order valence-corrected chi connectivity index (χ4v) is 1.62. The number of aromatic hydroxyl groups is 1. The number of hydrogen-bond acceptors (Lipinski definition) is 6. The normalized spacial score (nSPS) is 11.6. The number of phenolic OH excluding ortho intramolecular Hbond substituents is 1. The summed E-state index contributed by atoms with van der Waals surface area (Å²) in [5.41, 5.74) is -0.543. The number of hydrogen-bond donors (Lipinski definition) is 2. The molecular formula is C9H6O7S. The first-order valence-electron chi connectivity index (χ1n) is 4.29. The largest absolute Gasteiger partial charge is 0.504 e. The molecule has 0 bridgehead atoms. The van der Waals surface area contributed by atoms with E-state index in [2.05, 4.69) is 4.18 Å². The van der Waals surface area contributed by atoms with E-state index >= 15 is 0 Å². The van der Waals surface area contributed by atoms with Crippen LogP contribution in [0.3, 0.4) is 0 Å². The Hall–Kier alpha value is -2.06. The zero-order valence-electron chi connectivity index (χ0n) is 8.15. The van der Waals surface area contributed by atoms with Crippen molar-refractivity contribution in [2.75, 3.05) is 0 Å². The quantitative estimate of drug-likeness (QED) is 0.601. The second-order valence-corrected chi connectivity index (χ2v) is 4.15. The first kappa shape index (κ1) is 11.4. The van der Waals surface area contributed by atoms with Crippen molar-refractivity contribution in [3.63, 3.8) is 0 Å². The lowest BCUT2D eigenvalue weighted by Gasteiger charge is -2.05. The maximum atomic E-state index is 10.9. The number of benzene rings is 1. The molecule has 1 aromatic carbocycles. The molecule has 0 saturated carbocycles. The van der Waals surface area contributed by atoms with Crippen LogP contribution in [-0.4, -0.2) is 18.1 Å². The topological polar surface area (TPSA) is 114 Å². The Morgan fingerprint density at radius 2 is 1.94 bits per heavy atom. The summed E-state index contributed by atoms with van der Waals surface area (Å²) in [4.78, 5) is 10.9. The van der Waals surface area contributed by atoms with E-state index in [0.717, 1.165) is 18.2 Å². The van der Waals surface area contributed by atoms with Gasteiger partial charge in [0.15, 0.2) is 11.5 Å². The van der Waals surface area contributed by atoms with Crippen molar-refractivity contribution in [2.24, 2.45) is 0 Å². The highest BCUT2D eigenvalue weighted by atomic mass is 32.3. The Labute approximate surface area is 94.8 Å². The van der Waals surface area contributed by atoms with Gasteiger partial charge in [0.05, 0.1) is 0 Å². The monoisotopic (exact) mass is 258 g/mol. The van der Waals surface area contributed by atoms with Crippen LogP contribution >= 0.6 is 0 Å². The van der Waals surface area contributed by atoms with Gasteiger partial charge >= 0.3 is 16.0 Å². The Kier molecular flexibility index (Phi) is 2.52. The third-order valence-corrected chi connectivity index (χ3v) is 2.29. The Morgan fingerprint density at radius 1 is 1.24 bits per heavy atom. The molecule has 0 unspecified atom stereocenters. The van der Waals surface area contributed by atoms with E-state index in [9.17, 15) is 18.3 Å². The highest BCUT2D eigenvalue weighted by Crippen LogP contribution is 2.31. The Morgan fingerprint density at radius 3 is 2.59 bits per heavy atom. The molecule has 2 N–H and O–H groups in total. The summed E-state index contributed by atoms with van der Waals surface area (Å²) in [6, 6.07) is 4.60. The minimum atomic E-state index is -4.73. The molecular weight excluding hydrogens is 252 g/mol. The molecule has 7 nitrogen and oxygen atoms in total. The van der Waals surface area contributed by atoms with Gasteiger partial charge < -0.3 is 13.7 Å². The van der Waals surface area contributed by atoms with Gasteiger partial charge in [-0.15, -0.1) is 0 Å². The summed E-state index contributed by atoms with van der Waals surface area (Å²) in [7, 11) is -4.73. The third kappa shape index (κ3) is 2.55. The van der Waals surface area contributed by atoms with Gasteiger partial charge in [-0.25, -0.2) is 4.79 Å². The van der Waals surface area contributed by atoms with E-state index in [1.165, 1.54) is 6.07 Å². The van der Waals surface area contributed by atoms with E-state index in [0.29, 0.717) is 5.39 Å². The predicted molar refractivity (Wildman–Crippen MR) is 56.3 cm³/mol. The van der Waals surface area contributed by atoms with Crippen LogP contribution in [0.2, 0.25) is 0 Å². The van der Waals surface area contributed by atoms with E-state index in [1.54, 1.807) is 0 Å². The van der Waals surface area contributed by atoms with E-state index in [-0.39, 0.29) is 5.58 Å². The molecule has 0 atom stereocenters. The first-order valence-corrected chi connectivity index (χ1v) is 5.65. The fourth-order valence-electron chi connectivity index (χ4n) is 1.26. The average Bonchev–Trinajstić information content (AvgIpc) is 2.17. The van der Waals surface area contributed by atoms with Gasteiger partial charge in [-0.05, 0) is 12.1 Å². The van der Waals surface area contributed by atoms with Crippen molar-refractivity contribution in [3.8, 4) is 11.5 Å². The molecule has 0 aliphatic rings. The van der Waals surface area contributed by atoms with Crippen molar-refractivity contribution < 1.29 is 26.7 Å². The van der Waals surface area contributed by atoms with E-state index < -0.39 is 27.5 Å². The maximum Gasteiger partial charge on any atom is 0.446 e. The summed E-state index contributed by atoms with van der Waals surface area (Å²) < 4.78 is 38.3. The van der Waals surface area contributed by atoms with Gasteiger partial charge in [0.25, 0.3) is 0 Å². The molecule has 0 amide bonds. The molecule has 0 aliphatic carbocycles. The molecule has 1 aromatic heterocycles. The molecule has 8 heteroatoms. The molecule has 0 saturated heterocycles. The first-order chi connectivity index (χ1) is 7.85. The summed E-state index contributed by atoms with van der Waals surface area (Å²) in [5, 5.41) is 9.73. The van der Waals surface area contributed by atoms with Gasteiger partial charge in [-0.2, -0.15) is 8.42 Å². The van der Waals surface area contributed by atoms with Crippen LogP contribution in [0.4, 0.5) is 0 Å². The van der Waals surface area contributed by atoms with Gasteiger partial charge in [0.2, 0.25) is 0 Å². The lowest BCUT2D eigenvalue weighted by molar-refractivity contribution is 0.371. The van der Waals surface area contributed by atoms with Crippen LogP contribution in [0.1, 0.15) is 0 Å². The number of fused-ring (bicyclic) bond motifs is 1. The van der Waals surface area contributed by atoms with Crippen molar-refractivity contribution >= 4 is 21.4 Å². The predicted octanol–water partition coefficient (Wildman–Crippen LogP) is 0.680. The second-order valence-electron chi connectivity index (χ2n) is 3.12. The van der Waals surface area contributed by atoms with Crippen molar-refractivity contribution in [2.45, 2.75) is 0 Å². The molecule has 90 valence electrons. The molecule has 0 spiro atoms. The zero-order chi connectivity index (χ0) is 12.6. The van der Waals surface area contributed by atoms with Gasteiger partial charge in [0.1, 0.15) is 5.58 Å². The molecule has 17 heavy (non-hydrogen) atoms. The van der Waals surface area contributed by atoms with Crippen LogP contribution in [0.15, 0.2) is 33.5 Å². The lowest BCUT2D eigenvalue weighted by Crippen LogP contribution is -2.06. The smallest absolute Gasteiger partial charge is 0.446 e. The SMILES string of the molecule is O=c1ccc2cc(OS(=O)(=O)O)c(O)cc2o1. The zero-order valence-corrected chi connectivity index (χ0v) is 8.97. The second kappa shape index (κ2) is 3.75. The maximum absolute atomic E-state index is 10.9. The van der Waals surface area contributed by atoms with Crippen LogP contribution in [-0.2, 0) is 10.4 Å². The Balaban J connectivity index is 2.64. The van der Waals surface area contributed by atoms with Crippen molar-refractivity contribution in [1.29, 1.82) is 0 Å². The number of phenols is 1. The minimum Gasteiger partial charge on any atom is -0.504 e. The molecule has 0 aliphatic heterocycles. The third-order valence-electron chi connectivity index (χ3n) is 1.90. The number of rotatable bonds is 2. The summed E-state index contributed by atoms with van der Waals surface area (Å²) in [6.07, 6.45) is 0. The van der Waals surface area contributed by atoms with Crippen LogP contribution in [0.5, 0.6) is 11.5 Å². The highest BCUT2D eigenvalue weighted by molar-refractivity contribution is 7.81. The van der Waals surface area contributed by atoms with Crippen LogP contribution in [0, 0.1) is 0 Å². The fraction of sp³-hybridized carbons (Fsp3) is 0. The standard InChI is InChI=1S/C9H6O7S/c10-6-4-7-5(1-2-9(11)15-7)3-8(6)16-17(12,13)14/h1-4,10H,(H,12,13,14). The van der Waals surface area contributed by atoms with Gasteiger partial charge in [-0.3, -0.25) is 4.55 Å². The van der Waals surface area contributed by atoms with Gasteiger partial charge in [-0.1, -0.05) is 0 Å². The summed E-state index contributed by atoms with van der Waals surface area (Å²) in [5.74, 6) is -1.04. The average molecular weight is 258 g/mol. The van der Waals surface area contributed by atoms with Crippen LogP contribution in [0.25, 0.3) is 11.0 Å².